The highest BCUT2D eigenvalue weighted by atomic mass is 79.9. The van der Waals surface area contributed by atoms with Gasteiger partial charge in [0.05, 0.1) is 7.11 Å². The van der Waals surface area contributed by atoms with Crippen molar-refractivity contribution in [3.63, 3.8) is 0 Å². The zero-order valence-electron chi connectivity index (χ0n) is 13.0. The first-order valence-corrected chi connectivity index (χ1v) is 9.36. The Labute approximate surface area is 136 Å². The Hall–Kier alpha value is -0.500. The number of methoxy groups -OCH3 is 1. The summed E-state index contributed by atoms with van der Waals surface area (Å²) in [5.41, 5.74) is 2.70. The van der Waals surface area contributed by atoms with Gasteiger partial charge in [0.2, 0.25) is 0 Å². The normalized spacial score (nSPS) is 38.5. The third-order valence-corrected chi connectivity index (χ3v) is 7.42. The summed E-state index contributed by atoms with van der Waals surface area (Å²) in [5, 5.41) is 0. The third kappa shape index (κ3) is 2.34. The number of rotatable bonds is 3. The number of aryl methyl sites for hydroxylation is 1. The lowest BCUT2D eigenvalue weighted by atomic mass is 9.51. The van der Waals surface area contributed by atoms with Crippen LogP contribution in [-0.2, 0) is 0 Å². The molecular weight excluding hydrogens is 324 g/mol. The number of halogens is 1. The van der Waals surface area contributed by atoms with Crippen LogP contribution in [0.2, 0.25) is 0 Å². The molecule has 0 amide bonds. The Kier molecular flexibility index (Phi) is 3.56. The SMILES string of the molecule is COc1ccc(C)cc1C(Br)C1C2CC3CC(C2)CC1C3. The molecule has 0 saturated heterocycles. The number of benzene rings is 1. The van der Waals surface area contributed by atoms with E-state index in [1.54, 1.807) is 7.11 Å². The van der Waals surface area contributed by atoms with Gasteiger partial charge in [-0.3, -0.25) is 0 Å². The number of ether oxygens (including phenoxy) is 1. The molecule has 1 aromatic rings. The van der Waals surface area contributed by atoms with Crippen LogP contribution in [0, 0.1) is 36.5 Å². The maximum atomic E-state index is 5.63. The fraction of sp³-hybridized carbons (Fsp3) is 0.684. The van der Waals surface area contributed by atoms with Crippen LogP contribution < -0.4 is 4.74 Å². The molecule has 4 saturated carbocycles. The maximum Gasteiger partial charge on any atom is 0.123 e. The van der Waals surface area contributed by atoms with Crippen LogP contribution in [0.25, 0.3) is 0 Å². The Morgan fingerprint density at radius 1 is 1.05 bits per heavy atom. The summed E-state index contributed by atoms with van der Waals surface area (Å²) in [6.45, 7) is 2.18. The van der Waals surface area contributed by atoms with E-state index in [1.807, 2.05) is 0 Å². The average Bonchev–Trinajstić information content (AvgIpc) is 2.46. The second-order valence-corrected chi connectivity index (χ2v) is 8.64. The number of hydrogen-bond acceptors (Lipinski definition) is 1. The summed E-state index contributed by atoms with van der Waals surface area (Å²) in [6.07, 6.45) is 7.45. The Bertz CT molecular complexity index is 510. The topological polar surface area (TPSA) is 9.23 Å². The fourth-order valence-corrected chi connectivity index (χ4v) is 6.94. The van der Waals surface area contributed by atoms with E-state index in [2.05, 4.69) is 41.1 Å². The van der Waals surface area contributed by atoms with Crippen molar-refractivity contribution in [3.8, 4) is 5.75 Å². The van der Waals surface area contributed by atoms with Crippen molar-refractivity contribution in [2.45, 2.75) is 43.9 Å². The molecule has 1 nitrogen and oxygen atoms in total. The molecule has 21 heavy (non-hydrogen) atoms. The van der Waals surface area contributed by atoms with E-state index >= 15 is 0 Å². The molecule has 5 rings (SSSR count). The molecule has 4 fully saturated rings. The minimum Gasteiger partial charge on any atom is -0.496 e. The first-order chi connectivity index (χ1) is 10.2. The standard InChI is InChI=1S/C19H25BrO/c1-11-3-4-17(21-2)16(5-11)19(20)18-14-7-12-6-13(9-14)10-15(18)8-12/h3-5,12-15,18-19H,6-10H2,1-2H3. The van der Waals surface area contributed by atoms with E-state index < -0.39 is 0 Å². The van der Waals surface area contributed by atoms with E-state index in [-0.39, 0.29) is 0 Å². The Morgan fingerprint density at radius 3 is 2.24 bits per heavy atom. The molecule has 0 radical (unpaired) electrons. The third-order valence-electron chi connectivity index (χ3n) is 6.32. The lowest BCUT2D eigenvalue weighted by Crippen LogP contribution is -2.46. The van der Waals surface area contributed by atoms with Gasteiger partial charge in [0, 0.05) is 10.4 Å². The van der Waals surface area contributed by atoms with Gasteiger partial charge in [-0.15, -0.1) is 0 Å². The summed E-state index contributed by atoms with van der Waals surface area (Å²) >= 11 is 4.08. The van der Waals surface area contributed by atoms with E-state index in [0.717, 1.165) is 35.3 Å². The van der Waals surface area contributed by atoms with Gasteiger partial charge in [0.25, 0.3) is 0 Å². The molecule has 1 atom stereocenters. The highest BCUT2D eigenvalue weighted by Gasteiger charge is 2.50. The van der Waals surface area contributed by atoms with Gasteiger partial charge in [-0.2, -0.15) is 0 Å². The van der Waals surface area contributed by atoms with Crippen LogP contribution in [0.1, 0.15) is 48.1 Å². The van der Waals surface area contributed by atoms with Gasteiger partial charge in [-0.1, -0.05) is 33.6 Å². The van der Waals surface area contributed by atoms with Crippen LogP contribution in [0.5, 0.6) is 5.75 Å². The van der Waals surface area contributed by atoms with E-state index in [1.165, 1.54) is 43.2 Å². The largest absolute Gasteiger partial charge is 0.496 e. The molecule has 0 heterocycles. The molecule has 1 aromatic carbocycles. The minimum absolute atomic E-state index is 0.461. The molecule has 0 spiro atoms. The molecular formula is C19H25BrO. The maximum absolute atomic E-state index is 5.63. The van der Waals surface area contributed by atoms with Crippen molar-refractivity contribution in [2.75, 3.05) is 7.11 Å². The first kappa shape index (κ1) is 14.1. The van der Waals surface area contributed by atoms with Gasteiger partial charge in [-0.25, -0.2) is 0 Å². The Morgan fingerprint density at radius 2 is 1.67 bits per heavy atom. The molecule has 4 bridgehead atoms. The zero-order chi connectivity index (χ0) is 14.6. The number of hydrogen-bond donors (Lipinski definition) is 0. The van der Waals surface area contributed by atoms with Crippen molar-refractivity contribution in [3.05, 3.63) is 29.3 Å². The molecule has 1 unspecified atom stereocenters. The minimum atomic E-state index is 0.461. The molecule has 0 aliphatic heterocycles. The summed E-state index contributed by atoms with van der Waals surface area (Å²) < 4.78 is 5.63. The monoisotopic (exact) mass is 348 g/mol. The molecule has 4 aliphatic carbocycles. The van der Waals surface area contributed by atoms with Crippen molar-refractivity contribution < 1.29 is 4.74 Å². The van der Waals surface area contributed by atoms with Crippen molar-refractivity contribution in [1.82, 2.24) is 0 Å². The fourth-order valence-electron chi connectivity index (χ4n) is 5.72. The molecule has 2 heteroatoms. The van der Waals surface area contributed by atoms with Crippen molar-refractivity contribution in [1.29, 1.82) is 0 Å². The molecule has 114 valence electrons. The van der Waals surface area contributed by atoms with Gasteiger partial charge in [-0.05, 0) is 74.7 Å². The lowest BCUT2D eigenvalue weighted by molar-refractivity contribution is -0.0366. The van der Waals surface area contributed by atoms with Gasteiger partial charge < -0.3 is 4.74 Å². The molecule has 0 aromatic heterocycles. The van der Waals surface area contributed by atoms with E-state index in [9.17, 15) is 0 Å². The zero-order valence-corrected chi connectivity index (χ0v) is 14.6. The summed E-state index contributed by atoms with van der Waals surface area (Å²) in [7, 11) is 1.80. The van der Waals surface area contributed by atoms with E-state index in [0.29, 0.717) is 4.83 Å². The van der Waals surface area contributed by atoms with Gasteiger partial charge in [0.15, 0.2) is 0 Å². The van der Waals surface area contributed by atoms with Crippen LogP contribution in [0.15, 0.2) is 18.2 Å². The number of alkyl halides is 1. The van der Waals surface area contributed by atoms with Crippen LogP contribution in [0.4, 0.5) is 0 Å². The Balaban J connectivity index is 1.66. The second-order valence-electron chi connectivity index (χ2n) is 7.66. The van der Waals surface area contributed by atoms with Crippen molar-refractivity contribution in [2.24, 2.45) is 29.6 Å². The predicted molar refractivity (Wildman–Crippen MR) is 89.9 cm³/mol. The van der Waals surface area contributed by atoms with Gasteiger partial charge >= 0.3 is 0 Å². The summed E-state index contributed by atoms with van der Waals surface area (Å²) in [5.74, 6) is 5.84. The van der Waals surface area contributed by atoms with Crippen LogP contribution in [-0.4, -0.2) is 7.11 Å². The molecule has 4 aliphatic rings. The highest BCUT2D eigenvalue weighted by Crippen LogP contribution is 2.61. The quantitative estimate of drug-likeness (QED) is 0.654. The molecule has 0 N–H and O–H groups in total. The lowest BCUT2D eigenvalue weighted by Gasteiger charge is -2.55. The van der Waals surface area contributed by atoms with Crippen LogP contribution in [0.3, 0.4) is 0 Å². The van der Waals surface area contributed by atoms with Crippen LogP contribution >= 0.6 is 15.9 Å². The first-order valence-electron chi connectivity index (χ1n) is 8.44. The smallest absolute Gasteiger partial charge is 0.123 e. The summed E-state index contributed by atoms with van der Waals surface area (Å²) in [4.78, 5) is 0.461. The second kappa shape index (κ2) is 5.30. The predicted octanol–water partition coefficient (Wildman–Crippen LogP) is 5.51. The van der Waals surface area contributed by atoms with Crippen molar-refractivity contribution >= 4 is 15.9 Å². The summed E-state index contributed by atoms with van der Waals surface area (Å²) in [6, 6.07) is 6.61. The highest BCUT2D eigenvalue weighted by molar-refractivity contribution is 9.09. The van der Waals surface area contributed by atoms with Gasteiger partial charge in [0.1, 0.15) is 5.75 Å². The average molecular weight is 349 g/mol. The van der Waals surface area contributed by atoms with E-state index in [4.69, 9.17) is 4.74 Å².